The smallest absolute Gasteiger partial charge is 0.351 e. The number of nitrogens with one attached hydrogen (secondary N) is 3. The number of aryl methyl sites for hydroxylation is 1. The highest BCUT2D eigenvalue weighted by Gasteiger charge is 2.32. The summed E-state index contributed by atoms with van der Waals surface area (Å²) in [4.78, 5) is 45.2. The molecule has 0 spiro atoms. The van der Waals surface area contributed by atoms with Crippen molar-refractivity contribution < 1.29 is 32.1 Å². The second kappa shape index (κ2) is 9.76. The number of benzene rings is 1. The molecule has 2 aromatic heterocycles. The van der Waals surface area contributed by atoms with E-state index in [0.717, 1.165) is 6.07 Å². The van der Waals surface area contributed by atoms with Gasteiger partial charge in [-0.15, -0.1) is 0 Å². The summed E-state index contributed by atoms with van der Waals surface area (Å²) in [7, 11) is 0. The average Bonchev–Trinajstić information content (AvgIpc) is 3.23. The first kappa shape index (κ1) is 24.8. The van der Waals surface area contributed by atoms with Gasteiger partial charge in [0.25, 0.3) is 11.8 Å². The highest BCUT2D eigenvalue weighted by Crippen LogP contribution is 2.33. The molecule has 0 fully saturated rings. The highest BCUT2D eigenvalue weighted by molar-refractivity contribution is 6.02. The summed E-state index contributed by atoms with van der Waals surface area (Å²) < 4.78 is 44.4. The van der Waals surface area contributed by atoms with E-state index in [-0.39, 0.29) is 40.1 Å². The Labute approximate surface area is 202 Å². The van der Waals surface area contributed by atoms with Gasteiger partial charge >= 0.3 is 6.18 Å². The zero-order valence-electron chi connectivity index (χ0n) is 19.2. The molecule has 0 saturated heterocycles. The van der Waals surface area contributed by atoms with Gasteiger partial charge in [0.05, 0.1) is 11.6 Å². The van der Waals surface area contributed by atoms with E-state index in [0.29, 0.717) is 24.8 Å². The lowest BCUT2D eigenvalue weighted by Gasteiger charge is -2.13. The minimum atomic E-state index is -4.56. The van der Waals surface area contributed by atoms with Crippen LogP contribution in [0.25, 0.3) is 0 Å². The van der Waals surface area contributed by atoms with Gasteiger partial charge in [-0.25, -0.2) is 9.97 Å². The normalized spacial score (nSPS) is 14.3. The molecule has 1 aliphatic heterocycles. The Hall–Kier alpha value is -4.29. The monoisotopic (exact) mass is 502 g/mol. The summed E-state index contributed by atoms with van der Waals surface area (Å²) in [6, 6.07) is 4.00. The molecule has 36 heavy (non-hydrogen) atoms. The van der Waals surface area contributed by atoms with Gasteiger partial charge in [0.2, 0.25) is 11.7 Å². The summed E-state index contributed by atoms with van der Waals surface area (Å²) >= 11 is 0. The van der Waals surface area contributed by atoms with Gasteiger partial charge in [0, 0.05) is 23.7 Å². The van der Waals surface area contributed by atoms with E-state index in [4.69, 9.17) is 4.52 Å². The maximum absolute atomic E-state index is 13.1. The first-order valence-electron chi connectivity index (χ1n) is 10.9. The van der Waals surface area contributed by atoms with Crippen LogP contribution in [0.4, 0.5) is 24.7 Å². The molecule has 0 saturated carbocycles. The molecule has 0 radical (unpaired) electrons. The Kier molecular flexibility index (Phi) is 6.73. The molecule has 10 nitrogen and oxygen atoms in total. The molecule has 3 heterocycles. The van der Waals surface area contributed by atoms with Crippen molar-refractivity contribution in [1.29, 1.82) is 0 Å². The molecule has 1 aliphatic rings. The van der Waals surface area contributed by atoms with Crippen LogP contribution in [0.2, 0.25) is 0 Å². The summed E-state index contributed by atoms with van der Waals surface area (Å²) in [6.45, 7) is 2.93. The third-order valence-corrected chi connectivity index (χ3v) is 5.59. The van der Waals surface area contributed by atoms with E-state index in [9.17, 15) is 27.6 Å². The topological polar surface area (TPSA) is 139 Å². The van der Waals surface area contributed by atoms with Crippen molar-refractivity contribution in [3.8, 4) is 0 Å². The first-order valence-corrected chi connectivity index (χ1v) is 10.9. The molecular formula is C23H21F3N6O4. The number of rotatable bonds is 5. The summed E-state index contributed by atoms with van der Waals surface area (Å²) in [6.07, 6.45) is -2.11. The number of anilines is 2. The molecule has 0 aliphatic carbocycles. The van der Waals surface area contributed by atoms with E-state index in [2.05, 4.69) is 31.1 Å². The van der Waals surface area contributed by atoms with Gasteiger partial charge in [-0.2, -0.15) is 13.2 Å². The molecule has 3 N–H and O–H groups in total. The number of aromatic nitrogens is 3. The number of hydrogen-bond acceptors (Lipinski definition) is 7. The Morgan fingerprint density at radius 3 is 2.67 bits per heavy atom. The van der Waals surface area contributed by atoms with Crippen LogP contribution in [0.15, 0.2) is 35.1 Å². The first-order chi connectivity index (χ1) is 17.0. The Bertz CT molecular complexity index is 1340. The number of carbonyl (C=O) groups is 3. The Morgan fingerprint density at radius 1 is 1.14 bits per heavy atom. The van der Waals surface area contributed by atoms with Crippen LogP contribution in [-0.2, 0) is 17.4 Å². The number of alkyl halides is 3. The number of carbonyl (C=O) groups excluding carboxylic acids is 3. The fourth-order valence-corrected chi connectivity index (χ4v) is 3.71. The predicted octanol–water partition coefficient (Wildman–Crippen LogP) is 3.81. The molecule has 3 amide bonds. The van der Waals surface area contributed by atoms with E-state index in [1.807, 2.05) is 0 Å². The fourth-order valence-electron chi connectivity index (χ4n) is 3.71. The highest BCUT2D eigenvalue weighted by atomic mass is 19.4. The van der Waals surface area contributed by atoms with E-state index in [1.165, 1.54) is 31.5 Å². The summed E-state index contributed by atoms with van der Waals surface area (Å²) in [5, 5.41) is 11.5. The maximum Gasteiger partial charge on any atom is 0.416 e. The van der Waals surface area contributed by atoms with Gasteiger partial charge in [-0.1, -0.05) is 11.2 Å². The predicted molar refractivity (Wildman–Crippen MR) is 120 cm³/mol. The second-order valence-electron chi connectivity index (χ2n) is 8.24. The maximum atomic E-state index is 13.1. The van der Waals surface area contributed by atoms with Crippen LogP contribution in [0.1, 0.15) is 69.2 Å². The van der Waals surface area contributed by atoms with Crippen LogP contribution in [0.5, 0.6) is 0 Å². The molecule has 188 valence electrons. The number of hydrogen-bond donors (Lipinski definition) is 3. The molecule has 1 aromatic carbocycles. The van der Waals surface area contributed by atoms with E-state index < -0.39 is 29.6 Å². The van der Waals surface area contributed by atoms with Crippen molar-refractivity contribution >= 4 is 29.2 Å². The van der Waals surface area contributed by atoms with Crippen molar-refractivity contribution in [2.75, 3.05) is 10.6 Å². The Balaban J connectivity index is 1.45. The van der Waals surface area contributed by atoms with Gasteiger partial charge in [-0.3, -0.25) is 14.4 Å². The van der Waals surface area contributed by atoms with Crippen molar-refractivity contribution in [2.24, 2.45) is 0 Å². The summed E-state index contributed by atoms with van der Waals surface area (Å²) in [5.74, 6) is -1.50. The Morgan fingerprint density at radius 2 is 1.92 bits per heavy atom. The van der Waals surface area contributed by atoms with Crippen LogP contribution >= 0.6 is 0 Å². The van der Waals surface area contributed by atoms with E-state index >= 15 is 0 Å². The minimum absolute atomic E-state index is 0.0231. The van der Waals surface area contributed by atoms with Gasteiger partial charge in [-0.05, 0) is 44.4 Å². The molecule has 1 atom stereocenters. The largest absolute Gasteiger partial charge is 0.416 e. The van der Waals surface area contributed by atoms with Crippen LogP contribution in [0, 0.1) is 6.92 Å². The molecular weight excluding hydrogens is 481 g/mol. The lowest BCUT2D eigenvalue weighted by atomic mass is 10.1. The third kappa shape index (κ3) is 5.34. The molecule has 4 rings (SSSR count). The molecule has 13 heteroatoms. The fraction of sp³-hybridized carbons (Fsp3) is 0.304. The SMILES string of the molecule is Cc1ccc(NC(=O)c2cc([C@@H](C)NC(=O)c3ncnc4c3CCCC(=O)N4)no2)cc1C(F)(F)F. The quantitative estimate of drug-likeness (QED) is 0.482. The van der Waals surface area contributed by atoms with Gasteiger partial charge in [0.1, 0.15) is 23.5 Å². The van der Waals surface area contributed by atoms with Crippen molar-refractivity contribution in [2.45, 2.75) is 45.3 Å². The minimum Gasteiger partial charge on any atom is -0.351 e. The number of fused-ring (bicyclic) bond motifs is 1. The lowest BCUT2D eigenvalue weighted by Crippen LogP contribution is -2.29. The van der Waals surface area contributed by atoms with Crippen LogP contribution in [-0.4, -0.2) is 32.8 Å². The second-order valence-corrected chi connectivity index (χ2v) is 8.24. The van der Waals surface area contributed by atoms with Gasteiger partial charge in [0.15, 0.2) is 0 Å². The van der Waals surface area contributed by atoms with Crippen molar-refractivity contribution in [3.63, 3.8) is 0 Å². The van der Waals surface area contributed by atoms with Crippen LogP contribution < -0.4 is 16.0 Å². The average molecular weight is 502 g/mol. The lowest BCUT2D eigenvalue weighted by molar-refractivity contribution is -0.138. The zero-order valence-corrected chi connectivity index (χ0v) is 19.2. The molecule has 0 unspecified atom stereocenters. The van der Waals surface area contributed by atoms with E-state index in [1.54, 1.807) is 6.92 Å². The number of nitrogens with zero attached hydrogens (tertiary/aromatic N) is 3. The van der Waals surface area contributed by atoms with Gasteiger partial charge < -0.3 is 20.5 Å². The molecule has 3 aromatic rings. The molecule has 0 bridgehead atoms. The third-order valence-electron chi connectivity index (χ3n) is 5.59. The summed E-state index contributed by atoms with van der Waals surface area (Å²) in [5.41, 5.74) is -0.0670. The number of halogens is 3. The van der Waals surface area contributed by atoms with Crippen molar-refractivity contribution in [1.82, 2.24) is 20.4 Å². The zero-order chi connectivity index (χ0) is 26.0. The number of amides is 3. The van der Waals surface area contributed by atoms with Crippen molar-refractivity contribution in [3.05, 3.63) is 64.4 Å². The standard InChI is InChI=1S/C23H21F3N6O4/c1-11-6-7-13(8-15(11)23(24,25)26)30-21(34)17-9-16(32-36-17)12(2)29-22(35)19-14-4-3-5-18(33)31-20(14)28-10-27-19/h6-10,12H,3-5H2,1-2H3,(H,29,35)(H,30,34)(H,27,28,31,33)/t12-/m1/s1. The van der Waals surface area contributed by atoms with Crippen LogP contribution in [0.3, 0.4) is 0 Å².